The highest BCUT2D eigenvalue weighted by Crippen LogP contribution is 2.37. The molecule has 0 radical (unpaired) electrons. The van der Waals surface area contributed by atoms with Crippen molar-refractivity contribution in [2.45, 2.75) is 6.92 Å². The molecule has 7 heteroatoms. The third-order valence-corrected chi connectivity index (χ3v) is 7.10. The molecule has 0 aliphatic heterocycles. The quantitative estimate of drug-likeness (QED) is 0.272. The molecule has 3 aromatic carbocycles. The second kappa shape index (κ2) is 8.10. The molecule has 0 fully saturated rings. The van der Waals surface area contributed by atoms with Crippen molar-refractivity contribution in [1.82, 2.24) is 0 Å². The van der Waals surface area contributed by atoms with Crippen molar-refractivity contribution in [2.24, 2.45) is 0 Å². The average Bonchev–Trinajstić information content (AvgIpc) is 3.09. The van der Waals surface area contributed by atoms with Crippen LogP contribution in [0, 0.1) is 6.92 Å². The van der Waals surface area contributed by atoms with Gasteiger partial charge in [-0.3, -0.25) is 4.79 Å². The summed E-state index contributed by atoms with van der Waals surface area (Å²) in [5.74, 6) is -0.301. The zero-order valence-corrected chi connectivity index (χ0v) is 19.1. The molecule has 1 N–H and O–H groups in total. The summed E-state index contributed by atoms with van der Waals surface area (Å²) in [5.41, 5.74) is 2.80. The molecular weight excluding hydrogens is 465 g/mol. The Labute approximate surface area is 197 Å². The first-order chi connectivity index (χ1) is 15.4. The van der Waals surface area contributed by atoms with Crippen LogP contribution in [0.25, 0.3) is 32.2 Å². The summed E-state index contributed by atoms with van der Waals surface area (Å²) >= 11 is 13.8. The predicted octanol–water partition coefficient (Wildman–Crippen LogP) is 7.54. The zero-order chi connectivity index (χ0) is 22.4. The van der Waals surface area contributed by atoms with E-state index in [9.17, 15) is 9.59 Å². The van der Waals surface area contributed by atoms with E-state index in [1.807, 2.05) is 37.3 Å². The lowest BCUT2D eigenvalue weighted by Gasteiger charge is -2.10. The van der Waals surface area contributed by atoms with Gasteiger partial charge in [-0.25, -0.2) is 4.79 Å². The number of fused-ring (bicyclic) bond motifs is 2. The number of para-hydroxylation sites is 1. The average molecular weight is 480 g/mol. The number of halogens is 2. The van der Waals surface area contributed by atoms with Gasteiger partial charge in [-0.05, 0) is 54.4 Å². The molecule has 0 saturated heterocycles. The number of thiophene rings is 1. The van der Waals surface area contributed by atoms with Crippen molar-refractivity contribution in [1.29, 1.82) is 0 Å². The minimum absolute atomic E-state index is 0.301. The first-order valence-corrected chi connectivity index (χ1v) is 11.3. The number of hydrogen-bond acceptors (Lipinski definition) is 4. The van der Waals surface area contributed by atoms with E-state index >= 15 is 0 Å². The number of benzene rings is 3. The van der Waals surface area contributed by atoms with Gasteiger partial charge in [-0.15, -0.1) is 11.3 Å². The molecule has 0 spiro atoms. The Kier molecular flexibility index (Phi) is 5.25. The highest BCUT2D eigenvalue weighted by Gasteiger charge is 2.18. The van der Waals surface area contributed by atoms with Crippen molar-refractivity contribution >= 4 is 67.2 Å². The van der Waals surface area contributed by atoms with E-state index in [2.05, 4.69) is 5.32 Å². The molecule has 2 aromatic heterocycles. The van der Waals surface area contributed by atoms with E-state index in [-0.39, 0.29) is 5.91 Å². The number of carbonyl (C=O) groups excluding carboxylic acids is 1. The normalized spacial score (nSPS) is 11.2. The fourth-order valence-electron chi connectivity index (χ4n) is 3.67. The van der Waals surface area contributed by atoms with Crippen LogP contribution in [0.4, 0.5) is 5.69 Å². The summed E-state index contributed by atoms with van der Waals surface area (Å²) in [6.07, 6.45) is 0. The number of rotatable bonds is 3. The number of nitrogens with one attached hydrogen (secondary N) is 1. The Morgan fingerprint density at radius 3 is 2.59 bits per heavy atom. The van der Waals surface area contributed by atoms with Gasteiger partial charge in [0.05, 0.1) is 10.6 Å². The monoisotopic (exact) mass is 479 g/mol. The topological polar surface area (TPSA) is 59.3 Å². The second-order valence-electron chi connectivity index (χ2n) is 7.35. The van der Waals surface area contributed by atoms with Crippen molar-refractivity contribution < 1.29 is 9.21 Å². The van der Waals surface area contributed by atoms with Gasteiger partial charge in [-0.2, -0.15) is 0 Å². The largest absolute Gasteiger partial charge is 0.422 e. The molecule has 158 valence electrons. The van der Waals surface area contributed by atoms with Crippen LogP contribution in [0.1, 0.15) is 15.2 Å². The van der Waals surface area contributed by atoms with Crippen molar-refractivity contribution in [3.63, 3.8) is 0 Å². The van der Waals surface area contributed by atoms with Crippen LogP contribution in [0.15, 0.2) is 75.9 Å². The third-order valence-electron chi connectivity index (χ3n) is 5.21. The molecule has 0 saturated carbocycles. The summed E-state index contributed by atoms with van der Waals surface area (Å²) in [6.45, 7) is 1.88. The fourth-order valence-corrected chi connectivity index (χ4v) is 5.35. The molecule has 1 amide bonds. The summed E-state index contributed by atoms with van der Waals surface area (Å²) in [6, 6.07) is 19.9. The number of anilines is 1. The van der Waals surface area contributed by atoms with E-state index in [0.717, 1.165) is 26.6 Å². The van der Waals surface area contributed by atoms with Gasteiger partial charge in [0.15, 0.2) is 0 Å². The van der Waals surface area contributed by atoms with Gasteiger partial charge in [0.1, 0.15) is 10.5 Å². The summed E-state index contributed by atoms with van der Waals surface area (Å²) in [4.78, 5) is 25.8. The van der Waals surface area contributed by atoms with Crippen LogP contribution in [-0.4, -0.2) is 5.91 Å². The molecule has 4 nitrogen and oxygen atoms in total. The summed E-state index contributed by atoms with van der Waals surface area (Å²) in [7, 11) is 0. The van der Waals surface area contributed by atoms with E-state index < -0.39 is 5.63 Å². The van der Waals surface area contributed by atoms with E-state index in [4.69, 9.17) is 27.6 Å². The Morgan fingerprint density at radius 2 is 1.78 bits per heavy atom. The smallest absolute Gasteiger partial charge is 0.344 e. The van der Waals surface area contributed by atoms with Gasteiger partial charge < -0.3 is 9.73 Å². The Hall–Kier alpha value is -3.12. The highest BCUT2D eigenvalue weighted by atomic mass is 35.5. The van der Waals surface area contributed by atoms with Crippen LogP contribution in [0.2, 0.25) is 10.0 Å². The minimum atomic E-state index is -0.403. The summed E-state index contributed by atoms with van der Waals surface area (Å²) in [5, 5.41) is 5.52. The Balaban J connectivity index is 1.46. The van der Waals surface area contributed by atoms with Gasteiger partial charge in [-0.1, -0.05) is 53.5 Å². The predicted molar refractivity (Wildman–Crippen MR) is 132 cm³/mol. The third kappa shape index (κ3) is 3.69. The number of aryl methyl sites for hydroxylation is 1. The lowest BCUT2D eigenvalue weighted by molar-refractivity contribution is 0.103. The maximum absolute atomic E-state index is 12.9. The Bertz CT molecular complexity index is 1590. The lowest BCUT2D eigenvalue weighted by atomic mass is 10.0. The van der Waals surface area contributed by atoms with Crippen LogP contribution in [-0.2, 0) is 0 Å². The van der Waals surface area contributed by atoms with E-state index in [0.29, 0.717) is 31.8 Å². The van der Waals surface area contributed by atoms with Crippen molar-refractivity contribution in [2.75, 3.05) is 5.32 Å². The molecule has 5 rings (SSSR count). The van der Waals surface area contributed by atoms with E-state index in [1.165, 1.54) is 11.3 Å². The highest BCUT2D eigenvalue weighted by molar-refractivity contribution is 7.21. The molecule has 5 aromatic rings. The van der Waals surface area contributed by atoms with Crippen molar-refractivity contribution in [3.8, 4) is 11.1 Å². The lowest BCUT2D eigenvalue weighted by Crippen LogP contribution is -2.11. The maximum atomic E-state index is 12.9. The van der Waals surface area contributed by atoms with Crippen LogP contribution in [0.5, 0.6) is 0 Å². The van der Waals surface area contributed by atoms with Crippen LogP contribution < -0.4 is 10.9 Å². The number of amides is 1. The standard InChI is InChI=1S/C25H15Cl2NO3S/c1-13-10-16(28-24(29)23-22(27)18-8-6-15(26)12-21(18)32-23)7-9-17(13)19-11-14-4-2-3-5-20(14)31-25(19)30/h2-12H,1H3,(H,28,29). The molecule has 0 aliphatic rings. The van der Waals surface area contributed by atoms with Crippen LogP contribution >= 0.6 is 34.5 Å². The van der Waals surface area contributed by atoms with Crippen LogP contribution in [0.3, 0.4) is 0 Å². The Morgan fingerprint density at radius 1 is 0.969 bits per heavy atom. The second-order valence-corrected chi connectivity index (χ2v) is 9.22. The number of carbonyl (C=O) groups is 1. The zero-order valence-electron chi connectivity index (χ0n) is 16.7. The van der Waals surface area contributed by atoms with Gasteiger partial charge in [0.25, 0.3) is 5.91 Å². The molecular formula is C25H15Cl2NO3S. The molecule has 2 heterocycles. The van der Waals surface area contributed by atoms with Crippen molar-refractivity contribution in [3.05, 3.63) is 97.6 Å². The molecule has 0 aliphatic carbocycles. The SMILES string of the molecule is Cc1cc(NC(=O)c2sc3cc(Cl)ccc3c2Cl)ccc1-c1cc2ccccc2oc1=O. The molecule has 32 heavy (non-hydrogen) atoms. The maximum Gasteiger partial charge on any atom is 0.344 e. The van der Waals surface area contributed by atoms with Gasteiger partial charge in [0.2, 0.25) is 0 Å². The first-order valence-electron chi connectivity index (χ1n) is 9.73. The van der Waals surface area contributed by atoms with Gasteiger partial charge >= 0.3 is 5.63 Å². The van der Waals surface area contributed by atoms with E-state index in [1.54, 1.807) is 36.4 Å². The fraction of sp³-hybridized carbons (Fsp3) is 0.0400. The molecule has 0 bridgehead atoms. The summed E-state index contributed by atoms with van der Waals surface area (Å²) < 4.78 is 6.31. The first kappa shape index (κ1) is 20.8. The van der Waals surface area contributed by atoms with Gasteiger partial charge in [0, 0.05) is 26.2 Å². The molecule has 0 unspecified atom stereocenters. The number of hydrogen-bond donors (Lipinski definition) is 1. The minimum Gasteiger partial charge on any atom is -0.422 e. The molecule has 0 atom stereocenters.